The molecular weight excluding hydrogens is 255 g/mol. The van der Waals surface area contributed by atoms with Gasteiger partial charge >= 0.3 is 0 Å². The van der Waals surface area contributed by atoms with Gasteiger partial charge in [-0.1, -0.05) is 11.6 Å². The molecule has 0 aliphatic carbocycles. The highest BCUT2D eigenvalue weighted by atomic mass is 35.5. The number of piperidine rings is 1. The highest BCUT2D eigenvalue weighted by molar-refractivity contribution is 6.29. The van der Waals surface area contributed by atoms with Crippen LogP contribution < -0.4 is 5.32 Å². The van der Waals surface area contributed by atoms with Gasteiger partial charge in [0.05, 0.1) is 19.6 Å². The number of halogens is 2. The molecular formula is C12H15ClFN4+. The van der Waals surface area contributed by atoms with E-state index in [2.05, 4.69) is 15.5 Å². The molecule has 1 fully saturated rings. The van der Waals surface area contributed by atoms with E-state index in [-0.39, 0.29) is 0 Å². The summed E-state index contributed by atoms with van der Waals surface area (Å²) in [5.41, 5.74) is -0.423. The third-order valence-electron chi connectivity index (χ3n) is 3.53. The van der Waals surface area contributed by atoms with Gasteiger partial charge in [0.25, 0.3) is 0 Å². The van der Waals surface area contributed by atoms with Gasteiger partial charge in [0, 0.05) is 24.4 Å². The van der Waals surface area contributed by atoms with E-state index < -0.39 is 5.67 Å². The quantitative estimate of drug-likeness (QED) is 0.889. The molecule has 6 heteroatoms. The molecule has 0 spiro atoms. The number of fused-ring (bicyclic) bond motifs is 1. The number of nitrogens with zero attached hydrogens (tertiary/aromatic N) is 3. The van der Waals surface area contributed by atoms with Crippen molar-refractivity contribution < 1.29 is 9.71 Å². The van der Waals surface area contributed by atoms with E-state index in [9.17, 15) is 4.39 Å². The maximum atomic E-state index is 14.6. The summed E-state index contributed by atoms with van der Waals surface area (Å²) in [6, 6.07) is 3.65. The summed E-state index contributed by atoms with van der Waals surface area (Å²) in [4.78, 5) is 0. The lowest BCUT2D eigenvalue weighted by molar-refractivity contribution is -0.667. The van der Waals surface area contributed by atoms with E-state index in [1.54, 1.807) is 6.07 Å². The predicted octanol–water partition coefficient (Wildman–Crippen LogP) is 1.15. The van der Waals surface area contributed by atoms with Gasteiger partial charge in [0.15, 0.2) is 10.8 Å². The van der Waals surface area contributed by atoms with E-state index >= 15 is 0 Å². The third kappa shape index (κ3) is 2.20. The lowest BCUT2D eigenvalue weighted by Gasteiger charge is -2.28. The van der Waals surface area contributed by atoms with Crippen LogP contribution in [0.2, 0.25) is 5.15 Å². The lowest BCUT2D eigenvalue weighted by Crippen LogP contribution is -2.87. The first-order valence-corrected chi connectivity index (χ1v) is 6.53. The Balaban J connectivity index is 1.90. The molecule has 96 valence electrons. The van der Waals surface area contributed by atoms with Crippen molar-refractivity contribution in [1.29, 1.82) is 0 Å². The van der Waals surface area contributed by atoms with Crippen LogP contribution in [0.1, 0.15) is 12.8 Å². The van der Waals surface area contributed by atoms with Crippen LogP contribution in [0, 0.1) is 0 Å². The molecule has 3 rings (SSSR count). The Kier molecular flexibility index (Phi) is 2.95. The zero-order valence-corrected chi connectivity index (χ0v) is 10.7. The molecule has 1 aliphatic rings. The van der Waals surface area contributed by atoms with Gasteiger partial charge in [0.2, 0.25) is 0 Å². The number of rotatable bonds is 2. The SMILES string of the molecule is FC1(Cn2ccc3cc(Cl)nnc32)CC[NH2+]CC1. The van der Waals surface area contributed by atoms with Crippen molar-refractivity contribution >= 4 is 22.6 Å². The smallest absolute Gasteiger partial charge is 0.162 e. The van der Waals surface area contributed by atoms with Crippen LogP contribution in [0.3, 0.4) is 0 Å². The zero-order valence-electron chi connectivity index (χ0n) is 9.94. The molecule has 0 bridgehead atoms. The van der Waals surface area contributed by atoms with Crippen molar-refractivity contribution in [2.24, 2.45) is 0 Å². The fourth-order valence-electron chi connectivity index (χ4n) is 2.54. The molecule has 0 saturated carbocycles. The van der Waals surface area contributed by atoms with Crippen LogP contribution in [0.15, 0.2) is 18.3 Å². The van der Waals surface area contributed by atoms with Gasteiger partial charge in [-0.05, 0) is 12.1 Å². The average molecular weight is 270 g/mol. The van der Waals surface area contributed by atoms with Crippen molar-refractivity contribution in [3.8, 4) is 0 Å². The first-order chi connectivity index (χ1) is 8.66. The molecule has 0 atom stereocenters. The van der Waals surface area contributed by atoms with Gasteiger partial charge < -0.3 is 9.88 Å². The van der Waals surface area contributed by atoms with E-state index in [1.165, 1.54) is 0 Å². The normalized spacial score (nSPS) is 19.2. The third-order valence-corrected chi connectivity index (χ3v) is 3.71. The van der Waals surface area contributed by atoms with E-state index in [0.29, 0.717) is 30.2 Å². The first kappa shape index (κ1) is 11.9. The minimum atomic E-state index is -1.12. The molecule has 0 unspecified atom stereocenters. The van der Waals surface area contributed by atoms with Crippen molar-refractivity contribution in [2.45, 2.75) is 25.1 Å². The highest BCUT2D eigenvalue weighted by Gasteiger charge is 2.34. The van der Waals surface area contributed by atoms with Crippen molar-refractivity contribution in [2.75, 3.05) is 13.1 Å². The molecule has 0 aromatic carbocycles. The maximum absolute atomic E-state index is 14.6. The van der Waals surface area contributed by atoms with E-state index in [1.807, 2.05) is 16.8 Å². The monoisotopic (exact) mass is 269 g/mol. The van der Waals surface area contributed by atoms with Gasteiger partial charge in [-0.3, -0.25) is 0 Å². The Morgan fingerprint density at radius 3 is 2.94 bits per heavy atom. The zero-order chi connectivity index (χ0) is 12.6. The number of alkyl halides is 1. The number of hydrogen-bond donors (Lipinski definition) is 1. The molecule has 2 aromatic rings. The first-order valence-electron chi connectivity index (χ1n) is 6.15. The molecule has 1 saturated heterocycles. The highest BCUT2D eigenvalue weighted by Crippen LogP contribution is 2.26. The fourth-order valence-corrected chi connectivity index (χ4v) is 2.70. The van der Waals surface area contributed by atoms with E-state index in [4.69, 9.17) is 11.6 Å². The molecule has 18 heavy (non-hydrogen) atoms. The van der Waals surface area contributed by atoms with Gasteiger partial charge in [-0.25, -0.2) is 4.39 Å². The Morgan fingerprint density at radius 1 is 1.39 bits per heavy atom. The van der Waals surface area contributed by atoms with Gasteiger partial charge in [-0.2, -0.15) is 0 Å². The van der Waals surface area contributed by atoms with Crippen LogP contribution in [0.25, 0.3) is 11.0 Å². The summed E-state index contributed by atoms with van der Waals surface area (Å²) in [7, 11) is 0. The molecule has 1 aliphatic heterocycles. The maximum Gasteiger partial charge on any atom is 0.162 e. The number of quaternary nitrogens is 1. The summed E-state index contributed by atoms with van der Waals surface area (Å²) in [6.07, 6.45) is 3.04. The Morgan fingerprint density at radius 2 is 2.17 bits per heavy atom. The number of hydrogen-bond acceptors (Lipinski definition) is 2. The Labute approximate surface area is 109 Å². The summed E-state index contributed by atoms with van der Waals surface area (Å²) in [5, 5.41) is 11.3. The van der Waals surface area contributed by atoms with Crippen LogP contribution in [-0.4, -0.2) is 33.5 Å². The Bertz CT molecular complexity index is 562. The van der Waals surface area contributed by atoms with Crippen molar-refractivity contribution in [3.63, 3.8) is 0 Å². The number of aromatic nitrogens is 3. The second-order valence-electron chi connectivity index (χ2n) is 4.91. The van der Waals surface area contributed by atoms with Crippen molar-refractivity contribution in [1.82, 2.24) is 14.8 Å². The van der Waals surface area contributed by atoms with Crippen molar-refractivity contribution in [3.05, 3.63) is 23.5 Å². The van der Waals surface area contributed by atoms with Gasteiger partial charge in [0.1, 0.15) is 5.67 Å². The average Bonchev–Trinajstić information content (AvgIpc) is 2.72. The van der Waals surface area contributed by atoms with Crippen LogP contribution in [0.5, 0.6) is 0 Å². The minimum absolute atomic E-state index is 0.348. The predicted molar refractivity (Wildman–Crippen MR) is 67.3 cm³/mol. The molecule has 3 heterocycles. The van der Waals surface area contributed by atoms with E-state index in [0.717, 1.165) is 18.5 Å². The topological polar surface area (TPSA) is 47.3 Å². The minimum Gasteiger partial charge on any atom is -0.346 e. The molecule has 2 N–H and O–H groups in total. The summed E-state index contributed by atoms with van der Waals surface area (Å²) in [5.74, 6) is 0. The summed E-state index contributed by atoms with van der Waals surface area (Å²) < 4.78 is 16.5. The van der Waals surface area contributed by atoms with Crippen LogP contribution in [-0.2, 0) is 6.54 Å². The number of nitrogens with two attached hydrogens (primary N) is 1. The Hall–Kier alpha value is -1.20. The van der Waals surface area contributed by atoms with Crippen LogP contribution >= 0.6 is 11.6 Å². The summed E-state index contributed by atoms with van der Waals surface area (Å²) in [6.45, 7) is 2.06. The lowest BCUT2D eigenvalue weighted by atomic mass is 9.94. The molecule has 0 amide bonds. The second kappa shape index (κ2) is 4.48. The molecule has 2 aromatic heterocycles. The summed E-state index contributed by atoms with van der Waals surface area (Å²) >= 11 is 5.79. The standard InChI is InChI=1S/C12H14ClFN4/c13-10-7-9-1-6-18(11(9)17-16-10)8-12(14)2-4-15-5-3-12/h1,6-7,15H,2-5,8H2/p+1. The molecule has 0 radical (unpaired) electrons. The van der Waals surface area contributed by atoms with Gasteiger partial charge in [-0.15, -0.1) is 10.2 Å². The molecule has 4 nitrogen and oxygen atoms in total. The van der Waals surface area contributed by atoms with Crippen LogP contribution in [0.4, 0.5) is 4.39 Å². The second-order valence-corrected chi connectivity index (χ2v) is 5.29. The fraction of sp³-hybridized carbons (Fsp3) is 0.500. The largest absolute Gasteiger partial charge is 0.346 e.